The number of halogens is 1. The lowest BCUT2D eigenvalue weighted by molar-refractivity contribution is 0.402. The van der Waals surface area contributed by atoms with E-state index in [2.05, 4.69) is 67.4 Å². The molecular formula is C15H27IN4. The summed E-state index contributed by atoms with van der Waals surface area (Å²) in [5.41, 5.74) is 8.31. The van der Waals surface area contributed by atoms with E-state index in [0.29, 0.717) is 18.4 Å². The Balaban J connectivity index is 0.00000361. The summed E-state index contributed by atoms with van der Waals surface area (Å²) >= 11 is 0. The van der Waals surface area contributed by atoms with Gasteiger partial charge in [0.15, 0.2) is 5.96 Å². The van der Waals surface area contributed by atoms with Gasteiger partial charge in [-0.1, -0.05) is 38.1 Å². The van der Waals surface area contributed by atoms with Crippen LogP contribution in [-0.4, -0.2) is 31.5 Å². The van der Waals surface area contributed by atoms with E-state index < -0.39 is 0 Å². The molecule has 0 saturated carbocycles. The van der Waals surface area contributed by atoms with Gasteiger partial charge in [0.25, 0.3) is 0 Å². The molecule has 0 aliphatic carbocycles. The molecule has 0 atom stereocenters. The van der Waals surface area contributed by atoms with Gasteiger partial charge in [-0.2, -0.15) is 0 Å². The average molecular weight is 390 g/mol. The van der Waals surface area contributed by atoms with Crippen molar-refractivity contribution >= 4 is 29.9 Å². The van der Waals surface area contributed by atoms with E-state index in [-0.39, 0.29) is 24.0 Å². The smallest absolute Gasteiger partial charge is 0.188 e. The summed E-state index contributed by atoms with van der Waals surface area (Å²) in [6, 6.07) is 8.46. The molecule has 20 heavy (non-hydrogen) atoms. The van der Waals surface area contributed by atoms with Crippen molar-refractivity contribution in [3.8, 4) is 0 Å². The Morgan fingerprint density at radius 1 is 1.30 bits per heavy atom. The zero-order chi connectivity index (χ0) is 14.3. The van der Waals surface area contributed by atoms with Crippen LogP contribution in [0.3, 0.4) is 0 Å². The summed E-state index contributed by atoms with van der Waals surface area (Å²) in [6.45, 7) is 6.71. The normalized spacial score (nSPS) is 11.6. The number of nitrogens with one attached hydrogen (secondary N) is 1. The standard InChI is InChI=1S/C15H26N4.HI/c1-12(2)9-17-15(16)18-10-13-6-5-7-14(8-13)11-19(3)4;/h5-8,12H,9-11H2,1-4H3,(H3,16,17,18);1H. The Hall–Kier alpha value is -0.820. The van der Waals surface area contributed by atoms with Crippen molar-refractivity contribution in [3.05, 3.63) is 35.4 Å². The molecule has 0 saturated heterocycles. The van der Waals surface area contributed by atoms with Gasteiger partial charge in [0.2, 0.25) is 0 Å². The highest BCUT2D eigenvalue weighted by Crippen LogP contribution is 2.08. The lowest BCUT2D eigenvalue weighted by Gasteiger charge is -2.11. The second-order valence-corrected chi connectivity index (χ2v) is 5.53. The van der Waals surface area contributed by atoms with Crippen LogP contribution in [0.2, 0.25) is 0 Å². The molecular weight excluding hydrogens is 363 g/mol. The first-order chi connectivity index (χ1) is 8.97. The molecule has 0 aromatic heterocycles. The van der Waals surface area contributed by atoms with Gasteiger partial charge < -0.3 is 16.0 Å². The highest BCUT2D eigenvalue weighted by atomic mass is 127. The Labute approximate surface area is 139 Å². The molecule has 0 bridgehead atoms. The van der Waals surface area contributed by atoms with Crippen LogP contribution < -0.4 is 11.1 Å². The fourth-order valence-electron chi connectivity index (χ4n) is 1.73. The van der Waals surface area contributed by atoms with Gasteiger partial charge in [0.1, 0.15) is 0 Å². The number of nitrogens with zero attached hydrogens (tertiary/aromatic N) is 2. The molecule has 0 aliphatic heterocycles. The third-order valence-corrected chi connectivity index (χ3v) is 2.61. The molecule has 0 radical (unpaired) electrons. The SMILES string of the molecule is CC(C)CNC(N)=NCc1cccc(CN(C)C)c1.I. The maximum atomic E-state index is 5.82. The van der Waals surface area contributed by atoms with Crippen molar-refractivity contribution in [1.82, 2.24) is 10.2 Å². The minimum Gasteiger partial charge on any atom is -0.370 e. The minimum absolute atomic E-state index is 0. The van der Waals surface area contributed by atoms with E-state index in [1.165, 1.54) is 11.1 Å². The molecule has 0 heterocycles. The number of guanidine groups is 1. The van der Waals surface area contributed by atoms with Crippen LogP contribution in [0, 0.1) is 5.92 Å². The van der Waals surface area contributed by atoms with Crippen LogP contribution in [0.4, 0.5) is 0 Å². The molecule has 5 heteroatoms. The zero-order valence-corrected chi connectivity index (χ0v) is 15.2. The third-order valence-electron chi connectivity index (χ3n) is 2.61. The van der Waals surface area contributed by atoms with Gasteiger partial charge in [-0.25, -0.2) is 4.99 Å². The van der Waals surface area contributed by atoms with Crippen LogP contribution in [0.15, 0.2) is 29.3 Å². The number of aliphatic imine (C=N–C) groups is 1. The van der Waals surface area contributed by atoms with Gasteiger partial charge >= 0.3 is 0 Å². The van der Waals surface area contributed by atoms with Gasteiger partial charge in [0.05, 0.1) is 6.54 Å². The summed E-state index contributed by atoms with van der Waals surface area (Å²) in [6.07, 6.45) is 0. The number of hydrogen-bond donors (Lipinski definition) is 2. The van der Waals surface area contributed by atoms with E-state index in [9.17, 15) is 0 Å². The Bertz CT molecular complexity index is 416. The zero-order valence-electron chi connectivity index (χ0n) is 12.9. The predicted octanol–water partition coefficient (Wildman–Crippen LogP) is 2.43. The largest absolute Gasteiger partial charge is 0.370 e. The topological polar surface area (TPSA) is 53.6 Å². The molecule has 0 amide bonds. The van der Waals surface area contributed by atoms with Crippen molar-refractivity contribution in [2.45, 2.75) is 26.9 Å². The Morgan fingerprint density at radius 3 is 2.55 bits per heavy atom. The van der Waals surface area contributed by atoms with Gasteiger partial charge in [-0.3, -0.25) is 0 Å². The van der Waals surface area contributed by atoms with Crippen LogP contribution in [0.1, 0.15) is 25.0 Å². The number of nitrogens with two attached hydrogens (primary N) is 1. The van der Waals surface area contributed by atoms with Crippen molar-refractivity contribution in [1.29, 1.82) is 0 Å². The van der Waals surface area contributed by atoms with E-state index in [1.54, 1.807) is 0 Å². The number of benzene rings is 1. The Morgan fingerprint density at radius 2 is 1.95 bits per heavy atom. The van der Waals surface area contributed by atoms with Gasteiger partial charge in [-0.15, -0.1) is 24.0 Å². The molecule has 0 fully saturated rings. The van der Waals surface area contributed by atoms with E-state index >= 15 is 0 Å². The minimum atomic E-state index is 0. The van der Waals surface area contributed by atoms with Crippen LogP contribution >= 0.6 is 24.0 Å². The lowest BCUT2D eigenvalue weighted by Crippen LogP contribution is -2.34. The molecule has 114 valence electrons. The highest BCUT2D eigenvalue weighted by molar-refractivity contribution is 14.0. The number of rotatable bonds is 6. The van der Waals surface area contributed by atoms with Crippen LogP contribution in [0.25, 0.3) is 0 Å². The van der Waals surface area contributed by atoms with E-state index in [0.717, 1.165) is 13.1 Å². The fraction of sp³-hybridized carbons (Fsp3) is 0.533. The molecule has 1 aromatic carbocycles. The first-order valence-corrected chi connectivity index (χ1v) is 6.73. The van der Waals surface area contributed by atoms with Crippen LogP contribution in [-0.2, 0) is 13.1 Å². The first kappa shape index (κ1) is 19.2. The van der Waals surface area contributed by atoms with Crippen LogP contribution in [0.5, 0.6) is 0 Å². The summed E-state index contributed by atoms with van der Waals surface area (Å²) < 4.78 is 0. The second-order valence-electron chi connectivity index (χ2n) is 5.53. The summed E-state index contributed by atoms with van der Waals surface area (Å²) in [4.78, 5) is 6.51. The molecule has 0 spiro atoms. The van der Waals surface area contributed by atoms with E-state index in [4.69, 9.17) is 5.73 Å². The molecule has 1 rings (SSSR count). The summed E-state index contributed by atoms with van der Waals surface area (Å²) in [7, 11) is 4.14. The second kappa shape index (κ2) is 9.99. The Kier molecular flexibility index (Phi) is 9.58. The van der Waals surface area contributed by atoms with Crippen molar-refractivity contribution in [3.63, 3.8) is 0 Å². The highest BCUT2D eigenvalue weighted by Gasteiger charge is 1.99. The van der Waals surface area contributed by atoms with Crippen molar-refractivity contribution in [2.24, 2.45) is 16.6 Å². The van der Waals surface area contributed by atoms with Crippen molar-refractivity contribution < 1.29 is 0 Å². The molecule has 0 aliphatic rings. The molecule has 1 aromatic rings. The summed E-state index contributed by atoms with van der Waals surface area (Å²) in [5, 5.41) is 3.12. The monoisotopic (exact) mass is 390 g/mol. The third kappa shape index (κ3) is 8.37. The average Bonchev–Trinajstić information content (AvgIpc) is 2.33. The quantitative estimate of drug-likeness (QED) is 0.446. The van der Waals surface area contributed by atoms with Gasteiger partial charge in [-0.05, 0) is 31.1 Å². The molecule has 0 unspecified atom stereocenters. The molecule has 3 N–H and O–H groups in total. The molecule has 4 nitrogen and oxygen atoms in total. The van der Waals surface area contributed by atoms with Gasteiger partial charge in [0, 0.05) is 13.1 Å². The maximum Gasteiger partial charge on any atom is 0.188 e. The first-order valence-electron chi connectivity index (χ1n) is 6.73. The maximum absolute atomic E-state index is 5.82. The van der Waals surface area contributed by atoms with Crippen molar-refractivity contribution in [2.75, 3.05) is 20.6 Å². The predicted molar refractivity (Wildman–Crippen MR) is 97.4 cm³/mol. The summed E-state index contributed by atoms with van der Waals surface area (Å²) in [5.74, 6) is 1.09. The lowest BCUT2D eigenvalue weighted by atomic mass is 10.1. The van der Waals surface area contributed by atoms with E-state index in [1.807, 2.05) is 0 Å². The number of hydrogen-bond acceptors (Lipinski definition) is 2. The fourth-order valence-corrected chi connectivity index (χ4v) is 1.73.